The first kappa shape index (κ1) is 15.1. The molecule has 0 bridgehead atoms. The number of amides is 1. The second-order valence-corrected chi connectivity index (χ2v) is 5.28. The van der Waals surface area contributed by atoms with Crippen LogP contribution in [0.2, 0.25) is 0 Å². The smallest absolute Gasteiger partial charge is 0.220 e. The van der Waals surface area contributed by atoms with Crippen LogP contribution in [0.15, 0.2) is 54.6 Å². The highest BCUT2D eigenvalue weighted by Gasteiger charge is 2.10. The van der Waals surface area contributed by atoms with Crippen molar-refractivity contribution in [2.75, 3.05) is 6.54 Å². The summed E-state index contributed by atoms with van der Waals surface area (Å²) in [4.78, 5) is 11.9. The Morgan fingerprint density at radius 1 is 1.10 bits per heavy atom. The highest BCUT2D eigenvalue weighted by atomic mass is 16.3. The summed E-state index contributed by atoms with van der Waals surface area (Å²) in [5.74, 6) is 0.560. The van der Waals surface area contributed by atoms with Gasteiger partial charge >= 0.3 is 0 Å². The fourth-order valence-corrected chi connectivity index (χ4v) is 2.26. The number of hydrogen-bond acceptors (Lipinski definition) is 2. The van der Waals surface area contributed by atoms with Gasteiger partial charge in [0.05, 0.1) is 0 Å². The topological polar surface area (TPSA) is 49.3 Å². The van der Waals surface area contributed by atoms with Gasteiger partial charge in [-0.25, -0.2) is 0 Å². The molecule has 0 fully saturated rings. The summed E-state index contributed by atoms with van der Waals surface area (Å²) in [5.41, 5.74) is 2.29. The summed E-state index contributed by atoms with van der Waals surface area (Å²) in [7, 11) is 0. The number of rotatable bonds is 6. The Labute approximate surface area is 125 Å². The zero-order chi connectivity index (χ0) is 15.1. The third kappa shape index (κ3) is 4.95. The van der Waals surface area contributed by atoms with Gasteiger partial charge in [0.2, 0.25) is 5.91 Å². The number of hydrogen-bond donors (Lipinski definition) is 2. The van der Waals surface area contributed by atoms with Gasteiger partial charge in [-0.2, -0.15) is 0 Å². The van der Waals surface area contributed by atoms with Crippen LogP contribution >= 0.6 is 0 Å². The van der Waals surface area contributed by atoms with E-state index in [1.54, 1.807) is 12.1 Å². The molecule has 110 valence electrons. The molecule has 2 aromatic rings. The summed E-state index contributed by atoms with van der Waals surface area (Å²) < 4.78 is 0. The fourth-order valence-electron chi connectivity index (χ4n) is 2.26. The molecule has 0 aliphatic heterocycles. The Hall–Kier alpha value is -2.29. The van der Waals surface area contributed by atoms with Crippen molar-refractivity contribution in [2.45, 2.75) is 25.7 Å². The van der Waals surface area contributed by atoms with Gasteiger partial charge in [0.15, 0.2) is 0 Å². The largest absolute Gasteiger partial charge is 0.508 e. The minimum atomic E-state index is 0.0742. The molecule has 0 aromatic heterocycles. The lowest BCUT2D eigenvalue weighted by molar-refractivity contribution is -0.121. The molecule has 2 rings (SSSR count). The van der Waals surface area contributed by atoms with Crippen molar-refractivity contribution in [3.63, 3.8) is 0 Å². The minimum absolute atomic E-state index is 0.0742. The van der Waals surface area contributed by atoms with Crippen LogP contribution in [0.25, 0.3) is 0 Å². The number of carbonyl (C=O) groups is 1. The maximum Gasteiger partial charge on any atom is 0.220 e. The molecule has 0 radical (unpaired) electrons. The van der Waals surface area contributed by atoms with Crippen molar-refractivity contribution < 1.29 is 9.90 Å². The molecule has 0 saturated carbocycles. The van der Waals surface area contributed by atoms with Crippen LogP contribution in [-0.4, -0.2) is 17.6 Å². The molecular weight excluding hydrogens is 262 g/mol. The van der Waals surface area contributed by atoms with Gasteiger partial charge < -0.3 is 10.4 Å². The molecule has 2 aromatic carbocycles. The Bertz CT molecular complexity index is 564. The Kier molecular flexibility index (Phi) is 5.38. The Balaban J connectivity index is 1.73. The van der Waals surface area contributed by atoms with Gasteiger partial charge in [0.25, 0.3) is 0 Å². The zero-order valence-corrected chi connectivity index (χ0v) is 12.3. The molecule has 2 N–H and O–H groups in total. The number of benzene rings is 2. The first-order chi connectivity index (χ1) is 10.1. The highest BCUT2D eigenvalue weighted by Crippen LogP contribution is 2.18. The van der Waals surface area contributed by atoms with E-state index in [4.69, 9.17) is 0 Å². The lowest BCUT2D eigenvalue weighted by atomic mass is 9.97. The van der Waals surface area contributed by atoms with E-state index in [2.05, 4.69) is 12.2 Å². The van der Waals surface area contributed by atoms with Crippen molar-refractivity contribution in [1.29, 1.82) is 0 Å². The van der Waals surface area contributed by atoms with E-state index in [0.29, 0.717) is 13.0 Å². The Morgan fingerprint density at radius 2 is 1.76 bits per heavy atom. The predicted octanol–water partition coefficient (Wildman–Crippen LogP) is 3.24. The van der Waals surface area contributed by atoms with Crippen LogP contribution in [0.3, 0.4) is 0 Å². The molecule has 1 atom stereocenters. The van der Waals surface area contributed by atoms with E-state index in [9.17, 15) is 9.90 Å². The quantitative estimate of drug-likeness (QED) is 0.855. The van der Waals surface area contributed by atoms with Crippen molar-refractivity contribution >= 4 is 5.91 Å². The summed E-state index contributed by atoms with van der Waals surface area (Å²) in [6.45, 7) is 2.68. The SMILES string of the molecule is C[C@H](CC(=O)NCCc1ccc(O)cc1)c1ccccc1. The van der Waals surface area contributed by atoms with E-state index in [1.165, 1.54) is 5.56 Å². The molecule has 1 amide bonds. The normalized spacial score (nSPS) is 11.9. The van der Waals surface area contributed by atoms with Crippen molar-refractivity contribution in [1.82, 2.24) is 5.32 Å². The van der Waals surface area contributed by atoms with Crippen molar-refractivity contribution in [3.05, 3.63) is 65.7 Å². The highest BCUT2D eigenvalue weighted by molar-refractivity contribution is 5.76. The van der Waals surface area contributed by atoms with E-state index in [-0.39, 0.29) is 17.6 Å². The van der Waals surface area contributed by atoms with Crippen LogP contribution in [0, 0.1) is 0 Å². The van der Waals surface area contributed by atoms with E-state index in [0.717, 1.165) is 12.0 Å². The number of aromatic hydroxyl groups is 1. The first-order valence-electron chi connectivity index (χ1n) is 7.24. The van der Waals surface area contributed by atoms with Crippen LogP contribution in [0.1, 0.15) is 30.4 Å². The lowest BCUT2D eigenvalue weighted by Gasteiger charge is -2.12. The average molecular weight is 283 g/mol. The molecule has 21 heavy (non-hydrogen) atoms. The molecular formula is C18H21NO2. The molecule has 0 aliphatic carbocycles. The summed E-state index contributed by atoms with van der Waals surface area (Å²) in [5, 5.41) is 12.2. The second kappa shape index (κ2) is 7.48. The lowest BCUT2D eigenvalue weighted by Crippen LogP contribution is -2.26. The average Bonchev–Trinajstić information content (AvgIpc) is 2.50. The standard InChI is InChI=1S/C18H21NO2/c1-14(16-5-3-2-4-6-16)13-18(21)19-12-11-15-7-9-17(20)10-8-15/h2-10,14,20H,11-13H2,1H3,(H,19,21)/t14-/m1/s1. The molecule has 0 spiro atoms. The van der Waals surface area contributed by atoms with Gasteiger partial charge in [-0.3, -0.25) is 4.79 Å². The van der Waals surface area contributed by atoms with Crippen molar-refractivity contribution in [3.8, 4) is 5.75 Å². The number of carbonyl (C=O) groups excluding carboxylic acids is 1. The van der Waals surface area contributed by atoms with Crippen LogP contribution in [0.4, 0.5) is 0 Å². The minimum Gasteiger partial charge on any atom is -0.508 e. The Morgan fingerprint density at radius 3 is 2.43 bits per heavy atom. The van der Waals surface area contributed by atoms with Gasteiger partial charge in [0.1, 0.15) is 5.75 Å². The van der Waals surface area contributed by atoms with Crippen LogP contribution < -0.4 is 5.32 Å². The number of nitrogens with one attached hydrogen (secondary N) is 1. The maximum absolute atomic E-state index is 11.9. The number of phenolic OH excluding ortho intramolecular Hbond substituents is 1. The molecule has 0 heterocycles. The molecule has 0 unspecified atom stereocenters. The third-order valence-electron chi connectivity index (χ3n) is 3.53. The predicted molar refractivity (Wildman–Crippen MR) is 84.3 cm³/mol. The molecule has 3 nitrogen and oxygen atoms in total. The van der Waals surface area contributed by atoms with Gasteiger partial charge in [-0.1, -0.05) is 49.4 Å². The molecule has 0 aliphatic rings. The van der Waals surface area contributed by atoms with Crippen LogP contribution in [-0.2, 0) is 11.2 Å². The van der Waals surface area contributed by atoms with Gasteiger partial charge in [0, 0.05) is 13.0 Å². The molecule has 3 heteroatoms. The second-order valence-electron chi connectivity index (χ2n) is 5.28. The van der Waals surface area contributed by atoms with E-state index >= 15 is 0 Å². The maximum atomic E-state index is 11.9. The fraction of sp³-hybridized carbons (Fsp3) is 0.278. The third-order valence-corrected chi connectivity index (χ3v) is 3.53. The first-order valence-corrected chi connectivity index (χ1v) is 7.24. The van der Waals surface area contributed by atoms with E-state index in [1.807, 2.05) is 42.5 Å². The van der Waals surface area contributed by atoms with Crippen LogP contribution in [0.5, 0.6) is 5.75 Å². The summed E-state index contributed by atoms with van der Waals surface area (Å²) in [6, 6.07) is 17.1. The van der Waals surface area contributed by atoms with Gasteiger partial charge in [-0.15, -0.1) is 0 Å². The summed E-state index contributed by atoms with van der Waals surface area (Å²) in [6.07, 6.45) is 1.27. The summed E-state index contributed by atoms with van der Waals surface area (Å²) >= 11 is 0. The zero-order valence-electron chi connectivity index (χ0n) is 12.3. The monoisotopic (exact) mass is 283 g/mol. The van der Waals surface area contributed by atoms with Crippen molar-refractivity contribution in [2.24, 2.45) is 0 Å². The number of phenols is 1. The molecule has 0 saturated heterocycles. The van der Waals surface area contributed by atoms with Gasteiger partial charge in [-0.05, 0) is 35.6 Å². The van der Waals surface area contributed by atoms with E-state index < -0.39 is 0 Å².